The number of nitrogens with one attached hydrogen (secondary N) is 1. The molecule has 1 aliphatic rings. The smallest absolute Gasteiger partial charge is 0.242 e. The van der Waals surface area contributed by atoms with E-state index in [-0.39, 0.29) is 23.9 Å². The molecule has 0 spiro atoms. The van der Waals surface area contributed by atoms with Crippen LogP contribution in [0.1, 0.15) is 26.7 Å². The van der Waals surface area contributed by atoms with E-state index in [4.69, 9.17) is 0 Å². The van der Waals surface area contributed by atoms with Crippen LogP contribution in [0.15, 0.2) is 0 Å². The number of amides is 2. The molecule has 2 amide bonds. The summed E-state index contributed by atoms with van der Waals surface area (Å²) in [6.07, 6.45) is 1.69. The van der Waals surface area contributed by atoms with Gasteiger partial charge in [-0.15, -0.1) is 0 Å². The van der Waals surface area contributed by atoms with Gasteiger partial charge in [-0.1, -0.05) is 0 Å². The van der Waals surface area contributed by atoms with Crippen molar-refractivity contribution in [2.45, 2.75) is 38.8 Å². The maximum Gasteiger partial charge on any atom is 0.242 e. The topological polar surface area (TPSA) is 49.4 Å². The summed E-state index contributed by atoms with van der Waals surface area (Å²) >= 11 is 0. The van der Waals surface area contributed by atoms with Crippen LogP contribution in [-0.2, 0) is 9.59 Å². The first-order valence-corrected chi connectivity index (χ1v) is 4.58. The van der Waals surface area contributed by atoms with Gasteiger partial charge >= 0.3 is 0 Å². The first-order chi connectivity index (χ1) is 6.07. The summed E-state index contributed by atoms with van der Waals surface area (Å²) in [5.74, 6) is -0.0712. The molecule has 4 heteroatoms. The summed E-state index contributed by atoms with van der Waals surface area (Å²) < 4.78 is 0. The van der Waals surface area contributed by atoms with Gasteiger partial charge in [-0.3, -0.25) is 9.59 Å². The summed E-state index contributed by atoms with van der Waals surface area (Å²) in [5, 5.41) is 2.58. The highest BCUT2D eigenvalue weighted by Gasteiger charge is 2.36. The van der Waals surface area contributed by atoms with Gasteiger partial charge in [0, 0.05) is 20.0 Å². The van der Waals surface area contributed by atoms with Gasteiger partial charge in [0.05, 0.1) is 0 Å². The van der Waals surface area contributed by atoms with E-state index in [0.717, 1.165) is 12.8 Å². The molecule has 1 aliphatic heterocycles. The average molecular weight is 184 g/mol. The first kappa shape index (κ1) is 10.0. The second-order valence-corrected chi connectivity index (χ2v) is 3.48. The summed E-state index contributed by atoms with van der Waals surface area (Å²) in [7, 11) is 1.60. The Bertz CT molecular complexity index is 228. The number of rotatable bonds is 1. The van der Waals surface area contributed by atoms with Gasteiger partial charge in [-0.05, 0) is 19.8 Å². The molecule has 0 bridgehead atoms. The Hall–Kier alpha value is -1.06. The van der Waals surface area contributed by atoms with E-state index in [2.05, 4.69) is 5.32 Å². The molecule has 1 N–H and O–H groups in total. The van der Waals surface area contributed by atoms with Crippen molar-refractivity contribution in [2.75, 3.05) is 7.05 Å². The van der Waals surface area contributed by atoms with Crippen LogP contribution in [0.2, 0.25) is 0 Å². The van der Waals surface area contributed by atoms with Gasteiger partial charge < -0.3 is 10.2 Å². The van der Waals surface area contributed by atoms with Crippen molar-refractivity contribution in [3.63, 3.8) is 0 Å². The number of carbonyl (C=O) groups is 2. The number of likely N-dealkylation sites (tertiary alicyclic amines) is 1. The molecule has 0 aromatic heterocycles. The second kappa shape index (κ2) is 3.77. The molecule has 2 unspecified atom stereocenters. The molecule has 4 nitrogen and oxygen atoms in total. The highest BCUT2D eigenvalue weighted by Crippen LogP contribution is 2.23. The van der Waals surface area contributed by atoms with E-state index < -0.39 is 0 Å². The molecule has 2 atom stereocenters. The van der Waals surface area contributed by atoms with Crippen molar-refractivity contribution in [3.05, 3.63) is 0 Å². The molecule has 1 rings (SSSR count). The molecule has 0 radical (unpaired) electrons. The van der Waals surface area contributed by atoms with E-state index >= 15 is 0 Å². The quantitative estimate of drug-likeness (QED) is 0.630. The third kappa shape index (κ3) is 1.82. The van der Waals surface area contributed by atoms with Crippen molar-refractivity contribution in [2.24, 2.45) is 0 Å². The van der Waals surface area contributed by atoms with Crippen LogP contribution in [0.4, 0.5) is 0 Å². The summed E-state index contributed by atoms with van der Waals surface area (Å²) in [6.45, 7) is 3.49. The second-order valence-electron chi connectivity index (χ2n) is 3.48. The lowest BCUT2D eigenvalue weighted by molar-refractivity contribution is -0.138. The molecular formula is C9H16N2O2. The fourth-order valence-corrected chi connectivity index (χ4v) is 1.94. The Kier molecular flexibility index (Phi) is 2.90. The van der Waals surface area contributed by atoms with Gasteiger partial charge in [0.1, 0.15) is 6.04 Å². The minimum absolute atomic E-state index is 0.0152. The summed E-state index contributed by atoms with van der Waals surface area (Å²) in [6, 6.07) is -0.0581. The highest BCUT2D eigenvalue weighted by molar-refractivity contribution is 5.87. The predicted octanol–water partition coefficient (Wildman–Crippen LogP) is 0.132. The zero-order valence-electron chi connectivity index (χ0n) is 8.33. The first-order valence-electron chi connectivity index (χ1n) is 4.58. The van der Waals surface area contributed by atoms with E-state index in [0.29, 0.717) is 0 Å². The number of carbonyl (C=O) groups excluding carboxylic acids is 2. The van der Waals surface area contributed by atoms with Crippen LogP contribution in [0.3, 0.4) is 0 Å². The van der Waals surface area contributed by atoms with Crippen LogP contribution in [0.25, 0.3) is 0 Å². The van der Waals surface area contributed by atoms with E-state index in [1.807, 2.05) is 6.92 Å². The molecular weight excluding hydrogens is 168 g/mol. The number of nitrogens with zero attached hydrogens (tertiary/aromatic N) is 1. The normalized spacial score (nSPS) is 27.5. The SMILES string of the molecule is CNC(=O)C1CCC(C)N1C(C)=O. The Balaban J connectivity index is 2.75. The standard InChI is InChI=1S/C9H16N2O2/c1-6-4-5-8(9(13)10-3)11(6)7(2)12/h6,8H,4-5H2,1-3H3,(H,10,13). The molecule has 1 heterocycles. The van der Waals surface area contributed by atoms with Crippen molar-refractivity contribution in [1.29, 1.82) is 0 Å². The van der Waals surface area contributed by atoms with Crippen molar-refractivity contribution in [1.82, 2.24) is 10.2 Å². The Morgan fingerprint density at radius 1 is 1.38 bits per heavy atom. The minimum atomic E-state index is -0.252. The minimum Gasteiger partial charge on any atom is -0.357 e. The average Bonchev–Trinajstić information content (AvgIpc) is 2.45. The number of hydrogen-bond donors (Lipinski definition) is 1. The van der Waals surface area contributed by atoms with Crippen molar-refractivity contribution < 1.29 is 9.59 Å². The molecule has 74 valence electrons. The van der Waals surface area contributed by atoms with Crippen molar-refractivity contribution >= 4 is 11.8 Å². The molecule has 0 aliphatic carbocycles. The van der Waals surface area contributed by atoms with E-state index in [1.54, 1.807) is 11.9 Å². The van der Waals surface area contributed by atoms with Crippen LogP contribution >= 0.6 is 0 Å². The lowest BCUT2D eigenvalue weighted by Gasteiger charge is -2.25. The molecule has 0 aromatic rings. The lowest BCUT2D eigenvalue weighted by Crippen LogP contribution is -2.46. The number of hydrogen-bond acceptors (Lipinski definition) is 2. The Morgan fingerprint density at radius 2 is 2.00 bits per heavy atom. The molecule has 0 saturated carbocycles. The fraction of sp³-hybridized carbons (Fsp3) is 0.778. The van der Waals surface area contributed by atoms with Gasteiger partial charge in [-0.2, -0.15) is 0 Å². The van der Waals surface area contributed by atoms with Crippen LogP contribution in [0.5, 0.6) is 0 Å². The summed E-state index contributed by atoms with van der Waals surface area (Å²) in [4.78, 5) is 24.3. The van der Waals surface area contributed by atoms with Gasteiger partial charge in [-0.25, -0.2) is 0 Å². The van der Waals surface area contributed by atoms with Gasteiger partial charge in [0.2, 0.25) is 11.8 Å². The third-order valence-corrected chi connectivity index (χ3v) is 2.58. The van der Waals surface area contributed by atoms with Crippen LogP contribution in [0, 0.1) is 0 Å². The maximum absolute atomic E-state index is 11.4. The zero-order valence-corrected chi connectivity index (χ0v) is 8.33. The lowest BCUT2D eigenvalue weighted by atomic mass is 10.2. The third-order valence-electron chi connectivity index (χ3n) is 2.58. The number of likely N-dealkylation sites (N-methyl/N-ethyl adjacent to an activating group) is 1. The Morgan fingerprint density at radius 3 is 2.46 bits per heavy atom. The molecule has 13 heavy (non-hydrogen) atoms. The summed E-state index contributed by atoms with van der Waals surface area (Å²) in [5.41, 5.74) is 0. The maximum atomic E-state index is 11.4. The largest absolute Gasteiger partial charge is 0.357 e. The van der Waals surface area contributed by atoms with Crippen LogP contribution < -0.4 is 5.32 Å². The molecule has 1 fully saturated rings. The highest BCUT2D eigenvalue weighted by atomic mass is 16.2. The molecule has 0 aromatic carbocycles. The van der Waals surface area contributed by atoms with Gasteiger partial charge in [0.25, 0.3) is 0 Å². The molecule has 1 saturated heterocycles. The fourth-order valence-electron chi connectivity index (χ4n) is 1.94. The Labute approximate surface area is 78.3 Å². The van der Waals surface area contributed by atoms with Gasteiger partial charge in [0.15, 0.2) is 0 Å². The van der Waals surface area contributed by atoms with Crippen LogP contribution in [-0.4, -0.2) is 35.8 Å². The van der Waals surface area contributed by atoms with E-state index in [1.165, 1.54) is 6.92 Å². The monoisotopic (exact) mass is 184 g/mol. The van der Waals surface area contributed by atoms with Crippen molar-refractivity contribution in [3.8, 4) is 0 Å². The zero-order chi connectivity index (χ0) is 10.0. The van der Waals surface area contributed by atoms with E-state index in [9.17, 15) is 9.59 Å². The predicted molar refractivity (Wildman–Crippen MR) is 49.1 cm³/mol.